The zero-order valence-corrected chi connectivity index (χ0v) is 11.4. The molecule has 1 aromatic heterocycles. The van der Waals surface area contributed by atoms with Gasteiger partial charge in [-0.25, -0.2) is 0 Å². The number of anilines is 1. The van der Waals surface area contributed by atoms with Gasteiger partial charge in [-0.2, -0.15) is 0 Å². The van der Waals surface area contributed by atoms with Crippen LogP contribution >= 0.6 is 23.1 Å². The van der Waals surface area contributed by atoms with E-state index in [4.69, 9.17) is 5.73 Å². The first-order valence-corrected chi connectivity index (χ1v) is 7.28. The van der Waals surface area contributed by atoms with Crippen molar-refractivity contribution in [1.82, 2.24) is 10.2 Å². The third kappa shape index (κ3) is 3.09. The number of aromatic nitrogens is 2. The Morgan fingerprint density at radius 1 is 1.38 bits per heavy atom. The predicted molar refractivity (Wildman–Crippen MR) is 70.3 cm³/mol. The van der Waals surface area contributed by atoms with Gasteiger partial charge in [0.2, 0.25) is 5.13 Å². The molecule has 1 aromatic rings. The Bertz CT molecular complexity index is 339. The SMILES string of the molecule is CN(C)c1nnc(SC2CCCC(N)C2)s1. The monoisotopic (exact) mass is 258 g/mol. The maximum absolute atomic E-state index is 5.98. The minimum Gasteiger partial charge on any atom is -0.353 e. The van der Waals surface area contributed by atoms with Crippen LogP contribution in [0, 0.1) is 0 Å². The molecule has 2 N–H and O–H groups in total. The lowest BCUT2D eigenvalue weighted by Crippen LogP contribution is -2.29. The molecule has 4 nitrogen and oxygen atoms in total. The Morgan fingerprint density at radius 3 is 2.81 bits per heavy atom. The zero-order valence-electron chi connectivity index (χ0n) is 9.72. The summed E-state index contributed by atoms with van der Waals surface area (Å²) in [6, 6.07) is 0.382. The van der Waals surface area contributed by atoms with E-state index in [-0.39, 0.29) is 0 Å². The van der Waals surface area contributed by atoms with E-state index in [0.29, 0.717) is 11.3 Å². The Balaban J connectivity index is 1.92. The molecular weight excluding hydrogens is 240 g/mol. The topological polar surface area (TPSA) is 55.0 Å². The zero-order chi connectivity index (χ0) is 11.5. The summed E-state index contributed by atoms with van der Waals surface area (Å²) < 4.78 is 1.07. The van der Waals surface area contributed by atoms with E-state index in [9.17, 15) is 0 Å². The third-order valence-electron chi connectivity index (χ3n) is 2.71. The van der Waals surface area contributed by atoms with Crippen LogP contribution in [0.15, 0.2) is 4.34 Å². The van der Waals surface area contributed by atoms with Gasteiger partial charge in [0, 0.05) is 25.4 Å². The highest BCUT2D eigenvalue weighted by molar-refractivity contribution is 8.01. The highest BCUT2D eigenvalue weighted by atomic mass is 32.2. The van der Waals surface area contributed by atoms with E-state index in [1.165, 1.54) is 19.3 Å². The first-order valence-electron chi connectivity index (χ1n) is 5.58. The molecule has 1 heterocycles. The number of thioether (sulfide) groups is 1. The molecule has 90 valence electrons. The largest absolute Gasteiger partial charge is 0.353 e. The molecular formula is C10H18N4S2. The van der Waals surface area contributed by atoms with Crippen LogP contribution in [0.3, 0.4) is 0 Å². The molecule has 1 saturated carbocycles. The maximum atomic E-state index is 5.98. The molecule has 2 unspecified atom stereocenters. The van der Waals surface area contributed by atoms with Crippen molar-refractivity contribution in [1.29, 1.82) is 0 Å². The van der Waals surface area contributed by atoms with Crippen LogP contribution < -0.4 is 10.6 Å². The fourth-order valence-corrected chi connectivity index (χ4v) is 4.19. The summed E-state index contributed by atoms with van der Waals surface area (Å²) in [6.07, 6.45) is 4.80. The van der Waals surface area contributed by atoms with Gasteiger partial charge in [-0.3, -0.25) is 0 Å². The summed E-state index contributed by atoms with van der Waals surface area (Å²) in [5.41, 5.74) is 5.98. The van der Waals surface area contributed by atoms with E-state index >= 15 is 0 Å². The van der Waals surface area contributed by atoms with Crippen molar-refractivity contribution >= 4 is 28.2 Å². The Hall–Kier alpha value is -0.330. The van der Waals surface area contributed by atoms with Gasteiger partial charge in [-0.05, 0) is 19.3 Å². The lowest BCUT2D eigenvalue weighted by atomic mass is 9.96. The molecule has 0 saturated heterocycles. The predicted octanol–water partition coefficient (Wildman–Crippen LogP) is 1.97. The Kier molecular flexibility index (Phi) is 4.05. The smallest absolute Gasteiger partial charge is 0.208 e. The number of hydrogen-bond donors (Lipinski definition) is 1. The van der Waals surface area contributed by atoms with E-state index in [1.54, 1.807) is 11.3 Å². The molecule has 0 spiro atoms. The highest BCUT2D eigenvalue weighted by Gasteiger charge is 2.21. The minimum atomic E-state index is 0.382. The molecule has 1 aliphatic rings. The summed E-state index contributed by atoms with van der Waals surface area (Å²) in [6.45, 7) is 0. The molecule has 0 radical (unpaired) electrons. The molecule has 0 amide bonds. The van der Waals surface area contributed by atoms with Crippen molar-refractivity contribution in [2.45, 2.75) is 41.3 Å². The minimum absolute atomic E-state index is 0.382. The Labute approximate surface area is 105 Å². The molecule has 1 fully saturated rings. The van der Waals surface area contributed by atoms with E-state index in [2.05, 4.69) is 10.2 Å². The van der Waals surface area contributed by atoms with Crippen molar-refractivity contribution in [3.05, 3.63) is 0 Å². The molecule has 2 atom stereocenters. The van der Waals surface area contributed by atoms with Gasteiger partial charge in [0.25, 0.3) is 0 Å². The van der Waals surface area contributed by atoms with Crippen LogP contribution in [-0.4, -0.2) is 35.6 Å². The standard InChI is InChI=1S/C10H18N4S2/c1-14(2)9-12-13-10(16-9)15-8-5-3-4-7(11)6-8/h7-8H,3-6,11H2,1-2H3. The Morgan fingerprint density at radius 2 is 2.19 bits per heavy atom. The summed E-state index contributed by atoms with van der Waals surface area (Å²) in [4.78, 5) is 1.99. The second-order valence-electron chi connectivity index (χ2n) is 4.41. The highest BCUT2D eigenvalue weighted by Crippen LogP contribution is 2.36. The van der Waals surface area contributed by atoms with Gasteiger partial charge >= 0.3 is 0 Å². The van der Waals surface area contributed by atoms with Gasteiger partial charge < -0.3 is 10.6 Å². The van der Waals surface area contributed by atoms with Crippen LogP contribution in [0.5, 0.6) is 0 Å². The normalized spacial score (nSPS) is 25.7. The lowest BCUT2D eigenvalue weighted by Gasteiger charge is -2.24. The molecule has 0 bridgehead atoms. The second kappa shape index (κ2) is 5.33. The van der Waals surface area contributed by atoms with E-state index in [0.717, 1.165) is 15.9 Å². The first-order chi connectivity index (χ1) is 7.65. The molecule has 0 aliphatic heterocycles. The van der Waals surface area contributed by atoms with Crippen LogP contribution in [-0.2, 0) is 0 Å². The summed E-state index contributed by atoms with van der Waals surface area (Å²) in [7, 11) is 3.98. The van der Waals surface area contributed by atoms with Gasteiger partial charge in [0.05, 0.1) is 0 Å². The fourth-order valence-electron chi connectivity index (χ4n) is 1.86. The summed E-state index contributed by atoms with van der Waals surface area (Å²) >= 11 is 3.51. The van der Waals surface area contributed by atoms with Crippen molar-refractivity contribution < 1.29 is 0 Å². The number of nitrogens with zero attached hydrogens (tertiary/aromatic N) is 3. The number of rotatable bonds is 3. The molecule has 1 aliphatic carbocycles. The molecule has 2 rings (SSSR count). The van der Waals surface area contributed by atoms with Gasteiger partial charge in [0.1, 0.15) is 0 Å². The average molecular weight is 258 g/mol. The third-order valence-corrected chi connectivity index (χ3v) is 5.18. The van der Waals surface area contributed by atoms with Crippen LogP contribution in [0.1, 0.15) is 25.7 Å². The van der Waals surface area contributed by atoms with Crippen molar-refractivity contribution in [2.75, 3.05) is 19.0 Å². The lowest BCUT2D eigenvalue weighted by molar-refractivity contribution is 0.451. The average Bonchev–Trinajstić information content (AvgIpc) is 2.66. The molecule has 6 heteroatoms. The van der Waals surface area contributed by atoms with E-state index < -0.39 is 0 Å². The van der Waals surface area contributed by atoms with Crippen LogP contribution in [0.4, 0.5) is 5.13 Å². The summed E-state index contributed by atoms with van der Waals surface area (Å²) in [5, 5.41) is 9.95. The summed E-state index contributed by atoms with van der Waals surface area (Å²) in [5.74, 6) is 0. The van der Waals surface area contributed by atoms with Gasteiger partial charge in [-0.15, -0.1) is 10.2 Å². The first kappa shape index (κ1) is 12.1. The van der Waals surface area contributed by atoms with Crippen molar-refractivity contribution in [3.63, 3.8) is 0 Å². The van der Waals surface area contributed by atoms with Gasteiger partial charge in [-0.1, -0.05) is 29.5 Å². The fraction of sp³-hybridized carbons (Fsp3) is 0.800. The van der Waals surface area contributed by atoms with Gasteiger partial charge in [0.15, 0.2) is 4.34 Å². The second-order valence-corrected chi connectivity index (χ2v) is 6.91. The van der Waals surface area contributed by atoms with Crippen molar-refractivity contribution in [2.24, 2.45) is 5.73 Å². The quantitative estimate of drug-likeness (QED) is 0.898. The number of nitrogens with two attached hydrogens (primary N) is 1. The molecule has 16 heavy (non-hydrogen) atoms. The number of hydrogen-bond acceptors (Lipinski definition) is 6. The van der Waals surface area contributed by atoms with Crippen LogP contribution in [0.25, 0.3) is 0 Å². The van der Waals surface area contributed by atoms with Crippen molar-refractivity contribution in [3.8, 4) is 0 Å². The van der Waals surface area contributed by atoms with Crippen LogP contribution in [0.2, 0.25) is 0 Å². The van der Waals surface area contributed by atoms with E-state index in [1.807, 2.05) is 30.8 Å². The maximum Gasteiger partial charge on any atom is 0.208 e. The molecule has 0 aromatic carbocycles.